The fourth-order valence-electron chi connectivity index (χ4n) is 2.19. The van der Waals surface area contributed by atoms with Crippen LogP contribution in [0.15, 0.2) is 48.5 Å². The number of rotatable bonds is 6. The number of carbonyl (C=O) groups is 1. The molecule has 4 heteroatoms. The minimum Gasteiger partial charge on any atom is -0.383 e. The highest BCUT2D eigenvalue weighted by Crippen LogP contribution is 2.20. The summed E-state index contributed by atoms with van der Waals surface area (Å²) in [6.45, 7) is 2.75. The zero-order valence-electron chi connectivity index (χ0n) is 12.0. The van der Waals surface area contributed by atoms with Crippen LogP contribution in [-0.2, 0) is 0 Å². The summed E-state index contributed by atoms with van der Waals surface area (Å²) in [5.74, 6) is -0.566. The van der Waals surface area contributed by atoms with E-state index in [9.17, 15) is 9.18 Å². The van der Waals surface area contributed by atoms with Gasteiger partial charge in [0.2, 0.25) is 5.91 Å². The average Bonchev–Trinajstić information content (AvgIpc) is 2.49. The number of amides is 1. The normalized spacial score (nSPS) is 11.9. The highest BCUT2D eigenvalue weighted by atomic mass is 19.1. The number of primary amides is 1. The van der Waals surface area contributed by atoms with Crippen LogP contribution >= 0.6 is 0 Å². The first-order chi connectivity index (χ1) is 10.1. The van der Waals surface area contributed by atoms with Crippen LogP contribution in [0.5, 0.6) is 0 Å². The molecule has 0 heterocycles. The van der Waals surface area contributed by atoms with Crippen molar-refractivity contribution in [1.29, 1.82) is 0 Å². The Balaban J connectivity index is 1.94. The molecule has 0 aliphatic heterocycles. The lowest BCUT2D eigenvalue weighted by Crippen LogP contribution is -2.13. The molecule has 0 aliphatic carbocycles. The second kappa shape index (κ2) is 6.88. The summed E-state index contributed by atoms with van der Waals surface area (Å²) in [6.07, 6.45) is 0.865. The summed E-state index contributed by atoms with van der Waals surface area (Å²) in [7, 11) is 0. The van der Waals surface area contributed by atoms with E-state index < -0.39 is 5.91 Å². The van der Waals surface area contributed by atoms with E-state index >= 15 is 0 Å². The van der Waals surface area contributed by atoms with Crippen molar-refractivity contribution in [3.8, 4) is 0 Å². The number of nitrogens with two attached hydrogens (primary N) is 1. The standard InChI is InChI=1S/C17H19FN2O/c1-12(13-5-3-2-4-6-13)9-10-20-16-11-14(17(19)21)7-8-15(16)18/h2-8,11-12,20H,9-10H2,1H3,(H2,19,21). The van der Waals surface area contributed by atoms with Gasteiger partial charge in [0.15, 0.2) is 0 Å². The molecule has 2 rings (SSSR count). The van der Waals surface area contributed by atoms with Gasteiger partial charge in [0, 0.05) is 12.1 Å². The maximum atomic E-state index is 13.7. The van der Waals surface area contributed by atoms with Gasteiger partial charge in [0.25, 0.3) is 0 Å². The molecule has 2 aromatic rings. The van der Waals surface area contributed by atoms with E-state index in [0.717, 1.165) is 6.42 Å². The van der Waals surface area contributed by atoms with Gasteiger partial charge < -0.3 is 11.1 Å². The first kappa shape index (κ1) is 15.0. The Hall–Kier alpha value is -2.36. The summed E-state index contributed by atoms with van der Waals surface area (Å²) in [5.41, 5.74) is 7.06. The molecule has 0 spiro atoms. The van der Waals surface area contributed by atoms with Gasteiger partial charge in [-0.3, -0.25) is 4.79 Å². The topological polar surface area (TPSA) is 55.1 Å². The molecule has 0 bridgehead atoms. The summed E-state index contributed by atoms with van der Waals surface area (Å²) in [5, 5.41) is 3.03. The fraction of sp³-hybridized carbons (Fsp3) is 0.235. The molecular formula is C17H19FN2O. The van der Waals surface area contributed by atoms with Gasteiger partial charge in [-0.15, -0.1) is 0 Å². The Morgan fingerprint density at radius 3 is 2.62 bits per heavy atom. The van der Waals surface area contributed by atoms with Crippen LogP contribution in [-0.4, -0.2) is 12.5 Å². The fourth-order valence-corrected chi connectivity index (χ4v) is 2.19. The van der Waals surface area contributed by atoms with Gasteiger partial charge in [0.1, 0.15) is 5.82 Å². The van der Waals surface area contributed by atoms with Crippen molar-refractivity contribution in [2.75, 3.05) is 11.9 Å². The Bertz CT molecular complexity index is 613. The molecule has 0 aliphatic rings. The third kappa shape index (κ3) is 4.05. The lowest BCUT2D eigenvalue weighted by Gasteiger charge is -2.14. The zero-order chi connectivity index (χ0) is 15.2. The Kier molecular flexibility index (Phi) is 4.93. The number of carbonyl (C=O) groups excluding carboxylic acids is 1. The molecule has 0 radical (unpaired) electrons. The molecule has 3 N–H and O–H groups in total. The van der Waals surface area contributed by atoms with Gasteiger partial charge in [-0.2, -0.15) is 0 Å². The first-order valence-electron chi connectivity index (χ1n) is 6.96. The largest absolute Gasteiger partial charge is 0.383 e. The van der Waals surface area contributed by atoms with Gasteiger partial charge >= 0.3 is 0 Å². The molecule has 21 heavy (non-hydrogen) atoms. The Morgan fingerprint density at radius 2 is 1.95 bits per heavy atom. The van der Waals surface area contributed by atoms with E-state index in [1.807, 2.05) is 18.2 Å². The van der Waals surface area contributed by atoms with E-state index in [1.54, 1.807) is 0 Å². The quantitative estimate of drug-likeness (QED) is 0.853. The summed E-state index contributed by atoms with van der Waals surface area (Å²) >= 11 is 0. The van der Waals surface area contributed by atoms with Crippen molar-refractivity contribution in [2.45, 2.75) is 19.3 Å². The number of hydrogen-bond donors (Lipinski definition) is 2. The molecule has 1 amide bonds. The minimum absolute atomic E-state index is 0.301. The maximum Gasteiger partial charge on any atom is 0.248 e. The van der Waals surface area contributed by atoms with Gasteiger partial charge in [0.05, 0.1) is 5.69 Å². The monoisotopic (exact) mass is 286 g/mol. The third-order valence-corrected chi connectivity index (χ3v) is 3.51. The van der Waals surface area contributed by atoms with Crippen LogP contribution < -0.4 is 11.1 Å². The van der Waals surface area contributed by atoms with E-state index in [4.69, 9.17) is 5.73 Å². The van der Waals surface area contributed by atoms with Crippen molar-refractivity contribution in [1.82, 2.24) is 0 Å². The van der Waals surface area contributed by atoms with Crippen LogP contribution in [0.2, 0.25) is 0 Å². The Labute approximate surface area is 124 Å². The number of hydrogen-bond acceptors (Lipinski definition) is 2. The van der Waals surface area contributed by atoms with Crippen LogP contribution in [0, 0.1) is 5.82 Å². The zero-order valence-corrected chi connectivity index (χ0v) is 12.0. The number of anilines is 1. The van der Waals surface area contributed by atoms with Gasteiger partial charge in [-0.1, -0.05) is 37.3 Å². The molecule has 110 valence electrons. The van der Waals surface area contributed by atoms with Crippen molar-refractivity contribution in [2.24, 2.45) is 5.73 Å². The highest BCUT2D eigenvalue weighted by molar-refractivity contribution is 5.93. The molecule has 3 nitrogen and oxygen atoms in total. The van der Waals surface area contributed by atoms with Gasteiger partial charge in [-0.05, 0) is 36.1 Å². The summed E-state index contributed by atoms with van der Waals surface area (Å²) in [4.78, 5) is 11.1. The van der Waals surface area contributed by atoms with Crippen molar-refractivity contribution in [3.05, 3.63) is 65.5 Å². The SMILES string of the molecule is CC(CCNc1cc(C(N)=O)ccc1F)c1ccccc1. The average molecular weight is 286 g/mol. The minimum atomic E-state index is -0.560. The first-order valence-corrected chi connectivity index (χ1v) is 6.96. The van der Waals surface area contributed by atoms with E-state index in [0.29, 0.717) is 23.7 Å². The van der Waals surface area contributed by atoms with Crippen LogP contribution in [0.4, 0.5) is 10.1 Å². The number of nitrogens with one attached hydrogen (secondary N) is 1. The maximum absolute atomic E-state index is 13.7. The molecular weight excluding hydrogens is 267 g/mol. The van der Waals surface area contributed by atoms with Crippen molar-refractivity contribution < 1.29 is 9.18 Å². The number of halogens is 1. The van der Waals surface area contributed by atoms with Crippen molar-refractivity contribution in [3.63, 3.8) is 0 Å². The second-order valence-corrected chi connectivity index (χ2v) is 5.09. The van der Waals surface area contributed by atoms with Crippen LogP contribution in [0.3, 0.4) is 0 Å². The lowest BCUT2D eigenvalue weighted by atomic mass is 9.98. The molecule has 0 saturated heterocycles. The highest BCUT2D eigenvalue weighted by Gasteiger charge is 2.08. The van der Waals surface area contributed by atoms with E-state index in [2.05, 4.69) is 24.4 Å². The molecule has 2 aromatic carbocycles. The predicted molar refractivity (Wildman–Crippen MR) is 82.9 cm³/mol. The molecule has 0 fully saturated rings. The van der Waals surface area contributed by atoms with Crippen molar-refractivity contribution >= 4 is 11.6 Å². The molecule has 1 unspecified atom stereocenters. The Morgan fingerprint density at radius 1 is 1.24 bits per heavy atom. The second-order valence-electron chi connectivity index (χ2n) is 5.09. The van der Waals surface area contributed by atoms with E-state index in [1.165, 1.54) is 23.8 Å². The molecule has 1 atom stereocenters. The summed E-state index contributed by atoms with van der Waals surface area (Å²) < 4.78 is 13.7. The summed E-state index contributed by atoms with van der Waals surface area (Å²) in [6, 6.07) is 14.3. The predicted octanol–water partition coefficient (Wildman–Crippen LogP) is 3.53. The lowest BCUT2D eigenvalue weighted by molar-refractivity contribution is 0.100. The van der Waals surface area contributed by atoms with Gasteiger partial charge in [-0.25, -0.2) is 4.39 Å². The third-order valence-electron chi connectivity index (χ3n) is 3.51. The number of benzene rings is 2. The van der Waals surface area contributed by atoms with E-state index in [-0.39, 0.29) is 5.82 Å². The van der Waals surface area contributed by atoms with Crippen LogP contribution in [0.1, 0.15) is 35.2 Å². The molecule has 0 aromatic heterocycles. The smallest absolute Gasteiger partial charge is 0.248 e. The van der Waals surface area contributed by atoms with Crippen LogP contribution in [0.25, 0.3) is 0 Å². The molecule has 0 saturated carbocycles.